The van der Waals surface area contributed by atoms with Crippen LogP contribution in [0.4, 0.5) is 19.0 Å². The molecule has 1 fully saturated rings. The van der Waals surface area contributed by atoms with Crippen molar-refractivity contribution in [3.8, 4) is 11.8 Å². The average Bonchev–Trinajstić information content (AvgIpc) is 3.47. The molecule has 0 bridgehead atoms. The van der Waals surface area contributed by atoms with Gasteiger partial charge in [0.2, 0.25) is 0 Å². The van der Waals surface area contributed by atoms with Gasteiger partial charge in [-0.05, 0) is 49.7 Å². The number of hydrogen-bond donors (Lipinski definition) is 2. The maximum Gasteiger partial charge on any atom is 0.446 e. The summed E-state index contributed by atoms with van der Waals surface area (Å²) >= 11 is -0.168. The van der Waals surface area contributed by atoms with Crippen LogP contribution in [0, 0.1) is 11.8 Å². The fourth-order valence-electron chi connectivity index (χ4n) is 3.90. The minimum Gasteiger partial charge on any atom is -0.383 e. The number of nitrogens with one attached hydrogen (secondary N) is 2. The highest BCUT2D eigenvalue weighted by atomic mass is 32.2. The predicted octanol–water partition coefficient (Wildman–Crippen LogP) is 3.27. The number of anilines is 1. The van der Waals surface area contributed by atoms with Crippen LogP contribution in [-0.4, -0.2) is 89.1 Å². The molecule has 3 aromatic heterocycles. The third kappa shape index (κ3) is 8.76. The van der Waals surface area contributed by atoms with Crippen LogP contribution in [0.2, 0.25) is 0 Å². The van der Waals surface area contributed by atoms with E-state index in [1.54, 1.807) is 44.2 Å². The Morgan fingerprint density at radius 2 is 2.05 bits per heavy atom. The summed E-state index contributed by atoms with van der Waals surface area (Å²) < 4.78 is 47.7. The Hall–Kier alpha value is -3.05. The molecule has 4 rings (SSSR count). The van der Waals surface area contributed by atoms with Gasteiger partial charge in [0.1, 0.15) is 11.5 Å². The molecule has 0 saturated carbocycles. The first-order valence-corrected chi connectivity index (χ1v) is 12.9. The number of thioether (sulfide) groups is 1. The Balaban J connectivity index is 0.000000427. The smallest absolute Gasteiger partial charge is 0.383 e. The minimum absolute atomic E-state index is 0.0316. The fourth-order valence-corrected chi connectivity index (χ4v) is 4.58. The van der Waals surface area contributed by atoms with E-state index in [-0.39, 0.29) is 28.4 Å². The number of aldehydes is 1. The Bertz CT molecular complexity index is 1240. The SMILES string of the molecule is CNCC#Cc1nn2c(NC3CCN(CCOC)CC3)cccc2c1SC(F)(F)F.Cn1cc(C=O)cn1. The van der Waals surface area contributed by atoms with Gasteiger partial charge in [-0.3, -0.25) is 9.48 Å². The number of ether oxygens (including phenoxy) is 1. The molecule has 0 aliphatic carbocycles. The van der Waals surface area contributed by atoms with Crippen LogP contribution in [0.1, 0.15) is 28.9 Å². The summed E-state index contributed by atoms with van der Waals surface area (Å²) in [6.07, 6.45) is 5.84. The second-order valence-corrected chi connectivity index (χ2v) is 9.66. The molecule has 13 heteroatoms. The van der Waals surface area contributed by atoms with E-state index >= 15 is 0 Å². The van der Waals surface area contributed by atoms with Gasteiger partial charge in [-0.15, -0.1) is 0 Å². The van der Waals surface area contributed by atoms with E-state index in [4.69, 9.17) is 4.74 Å². The maximum absolute atomic E-state index is 13.1. The molecular weight excluding hydrogens is 519 g/mol. The van der Waals surface area contributed by atoms with Gasteiger partial charge in [-0.25, -0.2) is 4.52 Å². The third-order valence-corrected chi connectivity index (χ3v) is 6.55. The lowest BCUT2D eigenvalue weighted by Gasteiger charge is -2.32. The van der Waals surface area contributed by atoms with E-state index in [1.165, 1.54) is 10.7 Å². The highest BCUT2D eigenvalue weighted by molar-refractivity contribution is 8.00. The van der Waals surface area contributed by atoms with Crippen molar-refractivity contribution < 1.29 is 22.7 Å². The number of fused-ring (bicyclic) bond motifs is 1. The molecule has 2 N–H and O–H groups in total. The first-order valence-electron chi connectivity index (χ1n) is 12.1. The van der Waals surface area contributed by atoms with Gasteiger partial charge < -0.3 is 20.3 Å². The van der Waals surface area contributed by atoms with E-state index < -0.39 is 5.51 Å². The Kier molecular flexibility index (Phi) is 11.0. The number of carbonyl (C=O) groups excluding carboxylic acids is 1. The molecule has 9 nitrogen and oxygen atoms in total. The molecule has 1 aliphatic heterocycles. The van der Waals surface area contributed by atoms with E-state index in [0.29, 0.717) is 30.0 Å². The molecule has 0 spiro atoms. The highest BCUT2D eigenvalue weighted by Gasteiger charge is 2.33. The maximum atomic E-state index is 13.1. The molecule has 0 aromatic carbocycles. The van der Waals surface area contributed by atoms with Crippen molar-refractivity contribution >= 4 is 29.4 Å². The summed E-state index contributed by atoms with van der Waals surface area (Å²) in [7, 11) is 5.20. The predicted molar refractivity (Wildman–Crippen MR) is 141 cm³/mol. The summed E-state index contributed by atoms with van der Waals surface area (Å²) in [5.74, 6) is 6.25. The molecule has 3 aromatic rings. The van der Waals surface area contributed by atoms with Crippen LogP contribution in [0.15, 0.2) is 35.5 Å². The van der Waals surface area contributed by atoms with Crippen molar-refractivity contribution in [3.63, 3.8) is 0 Å². The van der Waals surface area contributed by atoms with Crippen LogP contribution in [0.3, 0.4) is 0 Å². The van der Waals surface area contributed by atoms with Gasteiger partial charge in [-0.1, -0.05) is 12.0 Å². The van der Waals surface area contributed by atoms with Crippen molar-refractivity contribution in [2.75, 3.05) is 52.3 Å². The molecule has 206 valence electrons. The standard InChI is InChI=1S/C20H26F3N5OS.C5H6N2O/c1-24-10-4-5-16-19(30-20(21,22)23)17-6-3-7-18(28(17)26-16)25-15-8-11-27(12-9-15)13-14-29-2;1-7-3-5(4-8)2-6-7/h3,6-7,15,24-25H,8-14H2,1-2H3;2-4H,1H3. The zero-order chi connectivity index (χ0) is 27.5. The molecule has 0 unspecified atom stereocenters. The number of nitrogens with zero attached hydrogens (tertiary/aromatic N) is 5. The van der Waals surface area contributed by atoms with E-state index in [0.717, 1.165) is 38.8 Å². The lowest BCUT2D eigenvalue weighted by Crippen LogP contribution is -2.40. The zero-order valence-electron chi connectivity index (χ0n) is 21.6. The van der Waals surface area contributed by atoms with Crippen LogP contribution in [0.25, 0.3) is 5.52 Å². The normalized spacial score (nSPS) is 14.5. The molecule has 0 atom stereocenters. The Morgan fingerprint density at radius 3 is 2.63 bits per heavy atom. The summed E-state index contributed by atoms with van der Waals surface area (Å²) in [6, 6.07) is 5.46. The van der Waals surface area contributed by atoms with E-state index in [2.05, 4.69) is 37.6 Å². The van der Waals surface area contributed by atoms with E-state index in [1.807, 2.05) is 6.07 Å². The number of rotatable bonds is 8. The molecule has 1 aliphatic rings. The first-order chi connectivity index (χ1) is 18.2. The zero-order valence-corrected chi connectivity index (χ0v) is 22.4. The monoisotopic (exact) mass is 551 g/mol. The largest absolute Gasteiger partial charge is 0.446 e. The quantitative estimate of drug-likeness (QED) is 0.251. The number of halogens is 3. The van der Waals surface area contributed by atoms with Gasteiger partial charge in [0, 0.05) is 46.0 Å². The first kappa shape index (κ1) is 29.5. The van der Waals surface area contributed by atoms with Gasteiger partial charge in [0.15, 0.2) is 6.29 Å². The van der Waals surface area contributed by atoms with Crippen molar-refractivity contribution in [1.82, 2.24) is 29.6 Å². The topological polar surface area (TPSA) is 88.7 Å². The number of aryl methyl sites for hydroxylation is 1. The van der Waals surface area contributed by atoms with Crippen LogP contribution >= 0.6 is 11.8 Å². The molecule has 0 amide bonds. The Morgan fingerprint density at radius 1 is 1.29 bits per heavy atom. The van der Waals surface area contributed by atoms with Crippen LogP contribution in [0.5, 0.6) is 0 Å². The molecule has 0 radical (unpaired) electrons. The number of hydrogen-bond acceptors (Lipinski definition) is 8. The molecule has 4 heterocycles. The summed E-state index contributed by atoms with van der Waals surface area (Å²) in [5, 5.41) is 14.5. The number of piperidine rings is 1. The van der Waals surface area contributed by atoms with Gasteiger partial charge in [0.25, 0.3) is 0 Å². The molecular formula is C25H32F3N7O2S. The van der Waals surface area contributed by atoms with Crippen molar-refractivity contribution in [2.45, 2.75) is 29.3 Å². The second-order valence-electron chi connectivity index (χ2n) is 8.58. The van der Waals surface area contributed by atoms with Crippen molar-refractivity contribution in [1.29, 1.82) is 0 Å². The molecule has 1 saturated heterocycles. The van der Waals surface area contributed by atoms with Gasteiger partial charge >= 0.3 is 5.51 Å². The van der Waals surface area contributed by atoms with Crippen molar-refractivity contribution in [2.24, 2.45) is 7.05 Å². The highest BCUT2D eigenvalue weighted by Crippen LogP contribution is 2.41. The molecule has 38 heavy (non-hydrogen) atoms. The van der Waals surface area contributed by atoms with Crippen LogP contribution in [-0.2, 0) is 11.8 Å². The summed E-state index contributed by atoms with van der Waals surface area (Å²) in [5.41, 5.74) is -3.26. The summed E-state index contributed by atoms with van der Waals surface area (Å²) in [6.45, 7) is 3.89. The van der Waals surface area contributed by atoms with Crippen molar-refractivity contribution in [3.05, 3.63) is 41.9 Å². The number of alkyl halides is 3. The number of carbonyl (C=O) groups is 1. The van der Waals surface area contributed by atoms with Gasteiger partial charge in [-0.2, -0.15) is 23.4 Å². The minimum atomic E-state index is -4.42. The van der Waals surface area contributed by atoms with Crippen LogP contribution < -0.4 is 10.6 Å². The van der Waals surface area contributed by atoms with E-state index in [9.17, 15) is 18.0 Å². The number of pyridine rings is 1. The lowest BCUT2D eigenvalue weighted by molar-refractivity contribution is -0.0327. The lowest BCUT2D eigenvalue weighted by atomic mass is 10.1. The third-order valence-electron chi connectivity index (χ3n) is 5.71. The Labute approximate surface area is 224 Å². The van der Waals surface area contributed by atoms with Gasteiger partial charge in [0.05, 0.1) is 35.3 Å². The number of aromatic nitrogens is 4. The second kappa shape index (κ2) is 14.2. The summed E-state index contributed by atoms with van der Waals surface area (Å²) in [4.78, 5) is 12.3. The average molecular weight is 552 g/mol. The fraction of sp³-hybridized carbons (Fsp3) is 0.480. The number of likely N-dealkylation sites (tertiary alicyclic amines) is 1. The number of methoxy groups -OCH3 is 1.